The van der Waals surface area contributed by atoms with E-state index in [9.17, 15) is 17.8 Å². The number of aromatic nitrogens is 6. The first-order valence-corrected chi connectivity index (χ1v) is 10.4. The van der Waals surface area contributed by atoms with Crippen LogP contribution in [-0.2, 0) is 15.1 Å². The van der Waals surface area contributed by atoms with Crippen LogP contribution in [0, 0.1) is 0 Å². The quantitative estimate of drug-likeness (QED) is 0.431. The van der Waals surface area contributed by atoms with Crippen LogP contribution in [0.15, 0.2) is 56.8 Å². The van der Waals surface area contributed by atoms with E-state index in [4.69, 9.17) is 11.6 Å². The summed E-state index contributed by atoms with van der Waals surface area (Å²) in [7, 11) is -3.05. The molecule has 0 spiro atoms. The molecule has 4 heterocycles. The zero-order valence-electron chi connectivity index (χ0n) is 14.9. The molecular weight excluding hydrogens is 444 g/mol. The highest BCUT2D eigenvalue weighted by Crippen LogP contribution is 2.32. The van der Waals surface area contributed by atoms with E-state index in [0.29, 0.717) is 5.56 Å². The molecule has 30 heavy (non-hydrogen) atoms. The Morgan fingerprint density at radius 1 is 1.30 bits per heavy atom. The van der Waals surface area contributed by atoms with Crippen molar-refractivity contribution in [3.8, 4) is 11.4 Å². The van der Waals surface area contributed by atoms with Gasteiger partial charge in [0.25, 0.3) is 0 Å². The maximum Gasteiger partial charge on any atom is 0.400 e. The highest BCUT2D eigenvalue weighted by atomic mass is 35.5. The van der Waals surface area contributed by atoms with Crippen molar-refractivity contribution < 1.29 is 22.3 Å². The predicted octanol–water partition coefficient (Wildman–Crippen LogP) is 2.76. The first-order valence-electron chi connectivity index (χ1n) is 8.07. The Morgan fingerprint density at radius 2 is 2.10 bits per heavy atom. The lowest BCUT2D eigenvalue weighted by molar-refractivity contribution is 0.0551. The summed E-state index contributed by atoms with van der Waals surface area (Å²) >= 11 is 4.86. The van der Waals surface area contributed by atoms with Gasteiger partial charge in [0.05, 0.1) is 27.0 Å². The van der Waals surface area contributed by atoms with Crippen molar-refractivity contribution in [3.63, 3.8) is 0 Å². The molecule has 14 heteroatoms. The van der Waals surface area contributed by atoms with Crippen LogP contribution in [0.2, 0.25) is 0 Å². The van der Waals surface area contributed by atoms with E-state index in [0.717, 1.165) is 0 Å². The maximum absolute atomic E-state index is 13.1. The van der Waals surface area contributed by atoms with E-state index in [1.807, 2.05) is 0 Å². The number of imidazole rings is 1. The fraction of sp³-hybridized carbons (Fsp3) is 0.125. The van der Waals surface area contributed by atoms with Crippen molar-refractivity contribution in [1.82, 2.24) is 29.7 Å². The molecule has 0 aliphatic rings. The van der Waals surface area contributed by atoms with E-state index >= 15 is 0 Å². The Hall–Kier alpha value is -3.32. The van der Waals surface area contributed by atoms with E-state index < -0.39 is 26.9 Å². The molecule has 0 saturated carbocycles. The van der Waals surface area contributed by atoms with Crippen molar-refractivity contribution in [3.05, 3.63) is 54.6 Å². The van der Waals surface area contributed by atoms with Crippen molar-refractivity contribution in [1.29, 1.82) is 0 Å². The van der Waals surface area contributed by atoms with Crippen LogP contribution in [0.3, 0.4) is 0 Å². The van der Waals surface area contributed by atoms with Crippen LogP contribution in [0.4, 0.5) is 8.78 Å². The fourth-order valence-electron chi connectivity index (χ4n) is 2.44. The average Bonchev–Trinajstić information content (AvgIpc) is 3.35. The van der Waals surface area contributed by atoms with Crippen molar-refractivity contribution in [2.45, 2.75) is 10.3 Å². The molecule has 1 amide bonds. The number of pyridine rings is 1. The Bertz CT molecular complexity index is 1370. The largest absolute Gasteiger partial charge is 0.400 e. The summed E-state index contributed by atoms with van der Waals surface area (Å²) in [6.07, 6.45) is 6.81. The second-order valence-electron chi connectivity index (χ2n) is 6.01. The smallest absolute Gasteiger partial charge is 0.331 e. The zero-order chi connectivity index (χ0) is 21.5. The van der Waals surface area contributed by atoms with Crippen molar-refractivity contribution in [2.75, 3.05) is 6.26 Å². The summed E-state index contributed by atoms with van der Waals surface area (Å²) in [5, 5.41) is 6.89. The number of carbonyl (C=O) groups excluding carboxylic acids is 1. The Morgan fingerprint density at radius 3 is 2.77 bits per heavy atom. The second kappa shape index (κ2) is 7.18. The molecule has 0 saturated heterocycles. The van der Waals surface area contributed by atoms with Gasteiger partial charge in [-0.25, -0.2) is 9.19 Å². The summed E-state index contributed by atoms with van der Waals surface area (Å²) in [5.74, 6) is -1.97. The van der Waals surface area contributed by atoms with Crippen LogP contribution in [0.25, 0.3) is 17.0 Å². The van der Waals surface area contributed by atoms with Gasteiger partial charge >= 0.3 is 17.2 Å². The molecule has 4 rings (SSSR count). The number of alkyl halides is 3. The molecule has 4 aromatic heterocycles. The van der Waals surface area contributed by atoms with E-state index in [2.05, 4.69) is 34.2 Å². The minimum Gasteiger partial charge on any atom is -0.331 e. The normalized spacial score (nSPS) is 13.9. The molecular formula is C16H10ClF2N7O3S. The SMILES string of the molecule is CS(=O)(=NC(=O)c1cn2ccc(-c3noc(C(F)(F)Cl)n3)cc2n1)c1ccnnc1. The summed E-state index contributed by atoms with van der Waals surface area (Å²) < 4.78 is 48.6. The van der Waals surface area contributed by atoms with E-state index in [1.165, 1.54) is 53.6 Å². The number of nitrogens with zero attached hydrogens (tertiary/aromatic N) is 7. The van der Waals surface area contributed by atoms with Crippen molar-refractivity contribution in [2.24, 2.45) is 4.36 Å². The minimum atomic E-state index is -3.79. The van der Waals surface area contributed by atoms with Gasteiger partial charge in [-0.05, 0) is 29.8 Å². The lowest BCUT2D eigenvalue weighted by atomic mass is 10.2. The number of carbonyl (C=O) groups is 1. The number of rotatable bonds is 4. The van der Waals surface area contributed by atoms with Gasteiger partial charge in [-0.1, -0.05) is 5.16 Å². The van der Waals surface area contributed by atoms with E-state index in [1.54, 1.807) is 0 Å². The summed E-state index contributed by atoms with van der Waals surface area (Å²) in [5.41, 5.74) is 0.523. The number of amides is 1. The Labute approximate surface area is 172 Å². The molecule has 154 valence electrons. The van der Waals surface area contributed by atoms with Gasteiger partial charge < -0.3 is 8.92 Å². The first kappa shape index (κ1) is 20.0. The zero-order valence-corrected chi connectivity index (χ0v) is 16.5. The highest BCUT2D eigenvalue weighted by Gasteiger charge is 2.35. The Balaban J connectivity index is 1.67. The third-order valence-corrected chi connectivity index (χ3v) is 5.65. The van der Waals surface area contributed by atoms with Gasteiger partial charge in [0.2, 0.25) is 5.82 Å². The first-order chi connectivity index (χ1) is 14.1. The van der Waals surface area contributed by atoms with Gasteiger partial charge in [0.1, 0.15) is 11.3 Å². The molecule has 1 atom stereocenters. The maximum atomic E-state index is 13.1. The number of fused-ring (bicyclic) bond motifs is 1. The van der Waals surface area contributed by atoms with Gasteiger partial charge in [0.15, 0.2) is 0 Å². The highest BCUT2D eigenvalue weighted by molar-refractivity contribution is 7.93. The Kier molecular flexibility index (Phi) is 4.78. The number of halogens is 3. The third kappa shape index (κ3) is 3.89. The van der Waals surface area contributed by atoms with E-state index in [-0.39, 0.29) is 22.1 Å². The molecule has 0 fully saturated rings. The van der Waals surface area contributed by atoms with Crippen LogP contribution in [-0.4, -0.2) is 46.1 Å². The average molecular weight is 454 g/mol. The van der Waals surface area contributed by atoms with Gasteiger partial charge in [0, 0.05) is 24.2 Å². The predicted molar refractivity (Wildman–Crippen MR) is 99.4 cm³/mol. The third-order valence-electron chi connectivity index (χ3n) is 3.86. The molecule has 0 aliphatic heterocycles. The summed E-state index contributed by atoms with van der Waals surface area (Å²) in [6.45, 7) is 0. The summed E-state index contributed by atoms with van der Waals surface area (Å²) in [4.78, 5) is 20.4. The van der Waals surface area contributed by atoms with Gasteiger partial charge in [-0.3, -0.25) is 4.79 Å². The van der Waals surface area contributed by atoms with Gasteiger partial charge in [-0.15, -0.1) is 0 Å². The molecule has 10 nitrogen and oxygen atoms in total. The van der Waals surface area contributed by atoms with Crippen LogP contribution in [0.1, 0.15) is 16.4 Å². The molecule has 0 radical (unpaired) electrons. The van der Waals surface area contributed by atoms with Gasteiger partial charge in [-0.2, -0.15) is 28.3 Å². The fourth-order valence-corrected chi connectivity index (χ4v) is 3.59. The van der Waals surface area contributed by atoms with Crippen LogP contribution in [0.5, 0.6) is 0 Å². The lowest BCUT2D eigenvalue weighted by Gasteiger charge is -2.01. The second-order valence-corrected chi connectivity index (χ2v) is 8.74. The number of hydrogen-bond acceptors (Lipinski definition) is 8. The van der Waals surface area contributed by atoms with Crippen molar-refractivity contribution >= 4 is 32.9 Å². The van der Waals surface area contributed by atoms with Crippen LogP contribution >= 0.6 is 11.6 Å². The molecule has 0 bridgehead atoms. The standard InChI is InChI=1S/C16H10ClF2N7O3S/c1-30(28,10-2-4-20-21-7-10)25-14(27)11-8-26-5-3-9(6-12(26)22-11)13-23-15(29-24-13)16(17,18)19/h2-8H,1H3. The monoisotopic (exact) mass is 453 g/mol. The molecule has 0 aliphatic carbocycles. The molecule has 0 aromatic carbocycles. The lowest BCUT2D eigenvalue weighted by Crippen LogP contribution is -2.04. The minimum absolute atomic E-state index is 0.0650. The summed E-state index contributed by atoms with van der Waals surface area (Å²) in [6, 6.07) is 4.41. The topological polar surface area (TPSA) is 128 Å². The molecule has 4 aromatic rings. The molecule has 0 N–H and O–H groups in total. The molecule has 1 unspecified atom stereocenters. The number of hydrogen-bond donors (Lipinski definition) is 0. The van der Waals surface area contributed by atoms with Crippen LogP contribution < -0.4 is 0 Å².